The largest absolute Gasteiger partial charge is 0.357 e. The highest BCUT2D eigenvalue weighted by atomic mass is 127. The summed E-state index contributed by atoms with van der Waals surface area (Å²) in [6.07, 6.45) is 6.61. The van der Waals surface area contributed by atoms with E-state index >= 15 is 0 Å². The van der Waals surface area contributed by atoms with Gasteiger partial charge in [-0.05, 0) is 77.8 Å². The number of hydrogen-bond donors (Lipinski definition) is 2. The molecule has 0 saturated carbocycles. The van der Waals surface area contributed by atoms with Gasteiger partial charge in [0.2, 0.25) is 0 Å². The lowest BCUT2D eigenvalue weighted by Crippen LogP contribution is -2.40. The third-order valence-electron chi connectivity index (χ3n) is 4.90. The average Bonchev–Trinajstić information content (AvgIpc) is 2.94. The van der Waals surface area contributed by atoms with Crippen molar-refractivity contribution in [1.82, 2.24) is 15.5 Å². The molecule has 2 rings (SSSR count). The van der Waals surface area contributed by atoms with E-state index in [4.69, 9.17) is 4.99 Å². The number of nitrogens with one attached hydrogen (secondary N) is 2. The van der Waals surface area contributed by atoms with Crippen molar-refractivity contribution in [2.24, 2.45) is 10.9 Å². The molecule has 0 bridgehead atoms. The van der Waals surface area contributed by atoms with Crippen LogP contribution in [0.5, 0.6) is 0 Å². The van der Waals surface area contributed by atoms with Gasteiger partial charge in [-0.15, -0.1) is 24.0 Å². The van der Waals surface area contributed by atoms with Gasteiger partial charge in [-0.1, -0.05) is 0 Å². The molecule has 0 aliphatic carbocycles. The Labute approximate surface area is 164 Å². The quantitative estimate of drug-likeness (QED) is 0.368. The Morgan fingerprint density at radius 3 is 2.65 bits per heavy atom. The predicted octanol–water partition coefficient (Wildman–Crippen LogP) is 3.18. The number of thioether (sulfide) groups is 1. The second-order valence-electron chi connectivity index (χ2n) is 7.06. The predicted molar refractivity (Wildman–Crippen MR) is 114 cm³/mol. The summed E-state index contributed by atoms with van der Waals surface area (Å²) in [5.41, 5.74) is 0. The summed E-state index contributed by atoms with van der Waals surface area (Å²) in [5, 5.41) is 6.93. The highest BCUT2D eigenvalue weighted by molar-refractivity contribution is 14.0. The monoisotopic (exact) mass is 454 g/mol. The molecule has 2 N–H and O–H groups in total. The van der Waals surface area contributed by atoms with Gasteiger partial charge in [0.25, 0.3) is 0 Å². The van der Waals surface area contributed by atoms with E-state index < -0.39 is 0 Å². The zero-order valence-electron chi connectivity index (χ0n) is 15.1. The Kier molecular flexibility index (Phi) is 10.2. The van der Waals surface area contributed by atoms with E-state index in [0.29, 0.717) is 4.75 Å². The third-order valence-corrected chi connectivity index (χ3v) is 6.42. The van der Waals surface area contributed by atoms with Crippen molar-refractivity contribution in [2.45, 2.75) is 50.7 Å². The second-order valence-corrected chi connectivity index (χ2v) is 8.74. The number of aliphatic imine (C=N–C) groups is 1. The number of nitrogens with zero attached hydrogens (tertiary/aromatic N) is 2. The lowest BCUT2D eigenvalue weighted by atomic mass is 9.94. The van der Waals surface area contributed by atoms with Crippen LogP contribution in [-0.4, -0.2) is 61.1 Å². The molecule has 2 fully saturated rings. The topological polar surface area (TPSA) is 39.7 Å². The molecule has 0 spiro atoms. The average molecular weight is 454 g/mol. The van der Waals surface area contributed by atoms with Crippen molar-refractivity contribution >= 4 is 41.7 Å². The molecule has 0 aromatic heterocycles. The van der Waals surface area contributed by atoms with Crippen LogP contribution in [0.15, 0.2) is 4.99 Å². The van der Waals surface area contributed by atoms with Crippen molar-refractivity contribution in [3.63, 3.8) is 0 Å². The minimum absolute atomic E-state index is 0. The summed E-state index contributed by atoms with van der Waals surface area (Å²) < 4.78 is 0.357. The van der Waals surface area contributed by atoms with Crippen LogP contribution >= 0.6 is 35.7 Å². The van der Waals surface area contributed by atoms with Gasteiger partial charge in [0.1, 0.15) is 0 Å². The molecule has 0 amide bonds. The minimum atomic E-state index is 0. The SMILES string of the molecule is CCNC(=NCC1(C)CCCS1)NCCC1CCN(C)CC1.I. The fourth-order valence-corrected chi connectivity index (χ4v) is 4.52. The molecular weight excluding hydrogens is 419 g/mol. The minimum Gasteiger partial charge on any atom is -0.357 e. The molecule has 1 atom stereocenters. The van der Waals surface area contributed by atoms with Crippen LogP contribution in [0.4, 0.5) is 0 Å². The maximum atomic E-state index is 4.83. The number of rotatable bonds is 6. The summed E-state index contributed by atoms with van der Waals surface area (Å²) in [4.78, 5) is 7.27. The molecular formula is C17H35IN4S. The molecule has 2 heterocycles. The lowest BCUT2D eigenvalue weighted by molar-refractivity contribution is 0.213. The number of hydrogen-bond acceptors (Lipinski definition) is 3. The smallest absolute Gasteiger partial charge is 0.191 e. The lowest BCUT2D eigenvalue weighted by Gasteiger charge is -2.29. The molecule has 2 aliphatic rings. The standard InChI is InChI=1S/C17H34N4S.HI/c1-4-18-16(20-14-17(2)9-5-13-22-17)19-10-6-15-7-11-21(3)12-8-15;/h15H,4-14H2,1-3H3,(H2,18,19,20);1H. The van der Waals surface area contributed by atoms with Crippen molar-refractivity contribution in [1.29, 1.82) is 0 Å². The Morgan fingerprint density at radius 1 is 1.30 bits per heavy atom. The van der Waals surface area contributed by atoms with Crippen molar-refractivity contribution < 1.29 is 0 Å². The molecule has 0 aromatic carbocycles. The maximum Gasteiger partial charge on any atom is 0.191 e. The molecule has 4 nitrogen and oxygen atoms in total. The van der Waals surface area contributed by atoms with Gasteiger partial charge >= 0.3 is 0 Å². The molecule has 2 aliphatic heterocycles. The number of likely N-dealkylation sites (tertiary alicyclic amines) is 1. The summed E-state index contributed by atoms with van der Waals surface area (Å²) in [6, 6.07) is 0. The number of halogens is 1. The van der Waals surface area contributed by atoms with E-state index in [-0.39, 0.29) is 24.0 Å². The Balaban J connectivity index is 0.00000264. The van der Waals surface area contributed by atoms with Crippen LogP contribution in [-0.2, 0) is 0 Å². The van der Waals surface area contributed by atoms with Crippen LogP contribution < -0.4 is 10.6 Å². The fourth-order valence-electron chi connectivity index (χ4n) is 3.30. The van der Waals surface area contributed by atoms with Gasteiger partial charge in [0, 0.05) is 17.8 Å². The fraction of sp³-hybridized carbons (Fsp3) is 0.941. The first kappa shape index (κ1) is 21.4. The molecule has 23 heavy (non-hydrogen) atoms. The Hall–Kier alpha value is 0.310. The van der Waals surface area contributed by atoms with E-state index in [1.54, 1.807) is 0 Å². The zero-order chi connectivity index (χ0) is 15.8. The third kappa shape index (κ3) is 7.82. The van der Waals surface area contributed by atoms with Crippen LogP contribution in [0.2, 0.25) is 0 Å². The summed E-state index contributed by atoms with van der Waals surface area (Å²) in [6.45, 7) is 9.93. The van der Waals surface area contributed by atoms with Gasteiger partial charge in [-0.25, -0.2) is 0 Å². The first-order valence-electron chi connectivity index (χ1n) is 8.96. The van der Waals surface area contributed by atoms with Crippen molar-refractivity contribution in [2.75, 3.05) is 45.5 Å². The maximum absolute atomic E-state index is 4.83. The molecule has 0 aromatic rings. The van der Waals surface area contributed by atoms with Gasteiger partial charge < -0.3 is 15.5 Å². The first-order chi connectivity index (χ1) is 10.6. The van der Waals surface area contributed by atoms with Gasteiger partial charge in [-0.3, -0.25) is 4.99 Å². The van der Waals surface area contributed by atoms with Crippen LogP contribution in [0.1, 0.15) is 46.0 Å². The van der Waals surface area contributed by atoms with E-state index in [0.717, 1.165) is 31.5 Å². The zero-order valence-corrected chi connectivity index (χ0v) is 18.2. The normalized spacial score (nSPS) is 26.8. The number of guanidine groups is 1. The van der Waals surface area contributed by atoms with Gasteiger partial charge in [0.15, 0.2) is 5.96 Å². The van der Waals surface area contributed by atoms with Gasteiger partial charge in [-0.2, -0.15) is 11.8 Å². The molecule has 6 heteroatoms. The summed E-state index contributed by atoms with van der Waals surface area (Å²) >= 11 is 2.08. The highest BCUT2D eigenvalue weighted by Crippen LogP contribution is 2.37. The van der Waals surface area contributed by atoms with E-state index in [1.807, 2.05) is 0 Å². The molecule has 136 valence electrons. The van der Waals surface area contributed by atoms with Crippen LogP contribution in [0.3, 0.4) is 0 Å². The number of piperidine rings is 1. The van der Waals surface area contributed by atoms with Crippen LogP contribution in [0, 0.1) is 5.92 Å². The van der Waals surface area contributed by atoms with Crippen molar-refractivity contribution in [3.05, 3.63) is 0 Å². The summed E-state index contributed by atoms with van der Waals surface area (Å²) in [5.74, 6) is 3.19. The van der Waals surface area contributed by atoms with E-state index in [1.165, 1.54) is 50.9 Å². The Morgan fingerprint density at radius 2 is 2.04 bits per heavy atom. The highest BCUT2D eigenvalue weighted by Gasteiger charge is 2.29. The second kappa shape index (κ2) is 11.0. The van der Waals surface area contributed by atoms with E-state index in [9.17, 15) is 0 Å². The molecule has 2 saturated heterocycles. The van der Waals surface area contributed by atoms with Crippen LogP contribution in [0.25, 0.3) is 0 Å². The van der Waals surface area contributed by atoms with E-state index in [2.05, 4.69) is 48.2 Å². The van der Waals surface area contributed by atoms with Crippen molar-refractivity contribution in [3.8, 4) is 0 Å². The van der Waals surface area contributed by atoms with Gasteiger partial charge in [0.05, 0.1) is 6.54 Å². The molecule has 0 radical (unpaired) electrons. The Bertz CT molecular complexity index is 351. The first-order valence-corrected chi connectivity index (χ1v) is 9.94. The summed E-state index contributed by atoms with van der Waals surface area (Å²) in [7, 11) is 2.23. The molecule has 1 unspecified atom stereocenters.